The molecule has 0 unspecified atom stereocenters. The highest BCUT2D eigenvalue weighted by atomic mass is 16.5. The van der Waals surface area contributed by atoms with Crippen LogP contribution in [-0.2, 0) is 17.7 Å². The lowest BCUT2D eigenvalue weighted by molar-refractivity contribution is 0.0600. The van der Waals surface area contributed by atoms with Crippen molar-refractivity contribution < 1.29 is 9.53 Å². The van der Waals surface area contributed by atoms with Crippen molar-refractivity contribution in [2.24, 2.45) is 0 Å². The van der Waals surface area contributed by atoms with E-state index in [2.05, 4.69) is 30.0 Å². The smallest absolute Gasteiger partial charge is 0.337 e. The number of ether oxygens (including phenoxy) is 1. The minimum atomic E-state index is -0.288. The number of esters is 1. The molecule has 0 aromatic heterocycles. The standard InChI is InChI=1S/C18H19NO2/c1-13-3-8-17-16(11-13)9-10-19(17)12-14-4-6-15(7-5-14)18(20)21-2/h3-8,11H,9-10,12H2,1-2H3. The molecule has 0 fully saturated rings. The molecule has 0 atom stereocenters. The molecule has 0 aliphatic carbocycles. The molecular formula is C18H19NO2. The minimum absolute atomic E-state index is 0.288. The zero-order chi connectivity index (χ0) is 14.8. The molecule has 3 rings (SSSR count). The lowest BCUT2D eigenvalue weighted by Gasteiger charge is -2.19. The third kappa shape index (κ3) is 2.77. The van der Waals surface area contributed by atoms with Crippen LogP contribution in [-0.4, -0.2) is 19.6 Å². The molecule has 0 spiro atoms. The summed E-state index contributed by atoms with van der Waals surface area (Å²) < 4.78 is 4.72. The maximum atomic E-state index is 11.4. The second-order valence-electron chi connectivity index (χ2n) is 5.49. The molecule has 0 amide bonds. The first-order valence-electron chi connectivity index (χ1n) is 7.19. The number of aryl methyl sites for hydroxylation is 1. The average Bonchev–Trinajstić information content (AvgIpc) is 2.89. The van der Waals surface area contributed by atoms with Crippen LogP contribution in [0.5, 0.6) is 0 Å². The van der Waals surface area contributed by atoms with Gasteiger partial charge in [0.05, 0.1) is 12.7 Å². The monoisotopic (exact) mass is 281 g/mol. The fraction of sp³-hybridized carbons (Fsp3) is 0.278. The molecule has 0 saturated carbocycles. The third-order valence-electron chi connectivity index (χ3n) is 3.98. The molecule has 1 aliphatic heterocycles. The van der Waals surface area contributed by atoms with Gasteiger partial charge in [-0.3, -0.25) is 0 Å². The second kappa shape index (κ2) is 5.60. The molecule has 0 bridgehead atoms. The van der Waals surface area contributed by atoms with Gasteiger partial charge < -0.3 is 9.64 Å². The van der Waals surface area contributed by atoms with Gasteiger partial charge in [0.25, 0.3) is 0 Å². The van der Waals surface area contributed by atoms with Crippen LogP contribution < -0.4 is 4.90 Å². The van der Waals surface area contributed by atoms with Crippen molar-refractivity contribution in [3.63, 3.8) is 0 Å². The van der Waals surface area contributed by atoms with Crippen molar-refractivity contribution in [2.75, 3.05) is 18.6 Å². The average molecular weight is 281 g/mol. The maximum absolute atomic E-state index is 11.4. The van der Waals surface area contributed by atoms with Crippen molar-refractivity contribution in [1.82, 2.24) is 0 Å². The Hall–Kier alpha value is -2.29. The molecule has 0 radical (unpaired) electrons. The Bertz CT molecular complexity index is 661. The predicted octanol–water partition coefficient (Wildman–Crippen LogP) is 3.34. The van der Waals surface area contributed by atoms with Crippen LogP contribution in [0.15, 0.2) is 42.5 Å². The molecule has 108 valence electrons. The van der Waals surface area contributed by atoms with Crippen molar-refractivity contribution in [1.29, 1.82) is 0 Å². The first-order valence-corrected chi connectivity index (χ1v) is 7.19. The number of fused-ring (bicyclic) bond motifs is 1. The molecule has 1 heterocycles. The largest absolute Gasteiger partial charge is 0.465 e. The number of hydrogen-bond acceptors (Lipinski definition) is 3. The number of hydrogen-bond donors (Lipinski definition) is 0. The van der Waals surface area contributed by atoms with Gasteiger partial charge in [-0.2, -0.15) is 0 Å². The highest BCUT2D eigenvalue weighted by molar-refractivity contribution is 5.89. The zero-order valence-corrected chi connectivity index (χ0v) is 12.4. The lowest BCUT2D eigenvalue weighted by atomic mass is 10.1. The van der Waals surface area contributed by atoms with Crippen LogP contribution in [0.25, 0.3) is 0 Å². The number of nitrogens with zero attached hydrogens (tertiary/aromatic N) is 1. The van der Waals surface area contributed by atoms with Gasteiger partial charge in [-0.1, -0.05) is 29.8 Å². The molecule has 0 saturated heterocycles. The van der Waals surface area contributed by atoms with E-state index in [0.29, 0.717) is 5.56 Å². The van der Waals surface area contributed by atoms with Crippen LogP contribution in [0.1, 0.15) is 27.0 Å². The Morgan fingerprint density at radius 2 is 1.95 bits per heavy atom. The van der Waals surface area contributed by atoms with Crippen LogP contribution in [0.2, 0.25) is 0 Å². The van der Waals surface area contributed by atoms with E-state index in [0.717, 1.165) is 19.5 Å². The number of carbonyl (C=O) groups excluding carboxylic acids is 1. The molecule has 1 aliphatic rings. The van der Waals surface area contributed by atoms with E-state index in [1.807, 2.05) is 24.3 Å². The minimum Gasteiger partial charge on any atom is -0.465 e. The van der Waals surface area contributed by atoms with Gasteiger partial charge in [-0.25, -0.2) is 4.79 Å². The second-order valence-corrected chi connectivity index (χ2v) is 5.49. The SMILES string of the molecule is COC(=O)c1ccc(CN2CCc3cc(C)ccc32)cc1. The fourth-order valence-electron chi connectivity index (χ4n) is 2.85. The first-order chi connectivity index (χ1) is 10.2. The summed E-state index contributed by atoms with van der Waals surface area (Å²) in [7, 11) is 1.40. The van der Waals surface area contributed by atoms with E-state index in [4.69, 9.17) is 4.74 Å². The summed E-state index contributed by atoms with van der Waals surface area (Å²) in [6, 6.07) is 14.3. The van der Waals surface area contributed by atoms with Gasteiger partial charge in [0.1, 0.15) is 0 Å². The molecule has 2 aromatic rings. The first kappa shape index (κ1) is 13.7. The summed E-state index contributed by atoms with van der Waals surface area (Å²) in [6.45, 7) is 4.06. The van der Waals surface area contributed by atoms with Gasteiger partial charge in [-0.15, -0.1) is 0 Å². The van der Waals surface area contributed by atoms with E-state index in [1.54, 1.807) is 0 Å². The molecule has 3 nitrogen and oxygen atoms in total. The number of rotatable bonds is 3. The van der Waals surface area contributed by atoms with Crippen molar-refractivity contribution in [3.8, 4) is 0 Å². The summed E-state index contributed by atoms with van der Waals surface area (Å²) in [6.07, 6.45) is 1.11. The number of methoxy groups -OCH3 is 1. The fourth-order valence-corrected chi connectivity index (χ4v) is 2.85. The van der Waals surface area contributed by atoms with E-state index in [-0.39, 0.29) is 5.97 Å². The summed E-state index contributed by atoms with van der Waals surface area (Å²) in [5.41, 5.74) is 5.88. The van der Waals surface area contributed by atoms with Crippen molar-refractivity contribution in [2.45, 2.75) is 19.9 Å². The van der Waals surface area contributed by atoms with Crippen LogP contribution >= 0.6 is 0 Å². The number of carbonyl (C=O) groups is 1. The van der Waals surface area contributed by atoms with Crippen LogP contribution in [0, 0.1) is 6.92 Å². The van der Waals surface area contributed by atoms with Crippen LogP contribution in [0.4, 0.5) is 5.69 Å². The zero-order valence-electron chi connectivity index (χ0n) is 12.4. The highest BCUT2D eigenvalue weighted by Gasteiger charge is 2.18. The van der Waals surface area contributed by atoms with Gasteiger partial charge >= 0.3 is 5.97 Å². The van der Waals surface area contributed by atoms with Gasteiger partial charge in [-0.05, 0) is 42.7 Å². The van der Waals surface area contributed by atoms with Crippen LogP contribution in [0.3, 0.4) is 0 Å². The Labute approximate surface area is 125 Å². The molecular weight excluding hydrogens is 262 g/mol. The van der Waals surface area contributed by atoms with Gasteiger partial charge in [0, 0.05) is 18.8 Å². The van der Waals surface area contributed by atoms with E-state index < -0.39 is 0 Å². The quantitative estimate of drug-likeness (QED) is 0.808. The predicted molar refractivity (Wildman–Crippen MR) is 83.7 cm³/mol. The van der Waals surface area contributed by atoms with Crippen molar-refractivity contribution in [3.05, 3.63) is 64.7 Å². The normalized spacial score (nSPS) is 13.1. The summed E-state index contributed by atoms with van der Waals surface area (Å²) >= 11 is 0. The topological polar surface area (TPSA) is 29.5 Å². The Kier molecular flexibility index (Phi) is 3.65. The Morgan fingerprint density at radius 3 is 2.67 bits per heavy atom. The summed E-state index contributed by atoms with van der Waals surface area (Å²) in [5, 5.41) is 0. The van der Waals surface area contributed by atoms with E-state index in [9.17, 15) is 4.79 Å². The third-order valence-corrected chi connectivity index (χ3v) is 3.98. The van der Waals surface area contributed by atoms with Crippen molar-refractivity contribution >= 4 is 11.7 Å². The van der Waals surface area contributed by atoms with Gasteiger partial charge in [0.2, 0.25) is 0 Å². The maximum Gasteiger partial charge on any atom is 0.337 e. The molecule has 0 N–H and O–H groups in total. The number of anilines is 1. The molecule has 2 aromatic carbocycles. The Balaban J connectivity index is 1.75. The number of benzene rings is 2. The Morgan fingerprint density at radius 1 is 1.19 bits per heavy atom. The van der Waals surface area contributed by atoms with Gasteiger partial charge in [0.15, 0.2) is 0 Å². The highest BCUT2D eigenvalue weighted by Crippen LogP contribution is 2.30. The molecule has 3 heteroatoms. The van der Waals surface area contributed by atoms with E-state index >= 15 is 0 Å². The lowest BCUT2D eigenvalue weighted by Crippen LogP contribution is -2.19. The molecule has 21 heavy (non-hydrogen) atoms. The summed E-state index contributed by atoms with van der Waals surface area (Å²) in [4.78, 5) is 13.8. The van der Waals surface area contributed by atoms with E-state index in [1.165, 1.54) is 29.5 Å². The summed E-state index contributed by atoms with van der Waals surface area (Å²) in [5.74, 6) is -0.288.